The number of rotatable bonds is 4. The monoisotopic (exact) mass is 271 g/mol. The summed E-state index contributed by atoms with van der Waals surface area (Å²) in [5, 5.41) is 7.52. The summed E-state index contributed by atoms with van der Waals surface area (Å²) in [7, 11) is 1.92. The zero-order valence-electron chi connectivity index (χ0n) is 12.5. The van der Waals surface area contributed by atoms with Crippen LogP contribution in [-0.2, 0) is 7.05 Å². The van der Waals surface area contributed by atoms with E-state index >= 15 is 0 Å². The molecule has 1 N–H and O–H groups in total. The fourth-order valence-corrected chi connectivity index (χ4v) is 2.50. The molecule has 0 radical (unpaired) electrons. The highest BCUT2D eigenvalue weighted by Gasteiger charge is 2.48. The molecule has 1 atom stereocenters. The molecule has 0 aliphatic heterocycles. The normalized spacial score (nSPS) is 19.9. The topological polar surface area (TPSA) is 55.6 Å². The third kappa shape index (κ3) is 2.40. The van der Waals surface area contributed by atoms with Gasteiger partial charge in [0.2, 0.25) is 0 Å². The average molecular weight is 271 g/mol. The van der Waals surface area contributed by atoms with Gasteiger partial charge < -0.3 is 5.32 Å². The van der Waals surface area contributed by atoms with Crippen molar-refractivity contribution in [2.24, 2.45) is 12.5 Å². The van der Waals surface area contributed by atoms with Crippen LogP contribution in [0.5, 0.6) is 0 Å². The molecular formula is C15H21N5. The van der Waals surface area contributed by atoms with Crippen LogP contribution >= 0.6 is 0 Å². The molecule has 1 aliphatic rings. The Morgan fingerprint density at radius 2 is 2.15 bits per heavy atom. The second-order valence-electron chi connectivity index (χ2n) is 6.17. The summed E-state index contributed by atoms with van der Waals surface area (Å²) in [4.78, 5) is 9.42. The zero-order chi connectivity index (χ0) is 14.3. The van der Waals surface area contributed by atoms with Gasteiger partial charge in [-0.1, -0.05) is 13.8 Å². The van der Waals surface area contributed by atoms with Crippen molar-refractivity contribution in [2.45, 2.75) is 33.1 Å². The van der Waals surface area contributed by atoms with Crippen LogP contribution in [0.3, 0.4) is 0 Å². The van der Waals surface area contributed by atoms with Gasteiger partial charge in [-0.2, -0.15) is 5.10 Å². The lowest BCUT2D eigenvalue weighted by Gasteiger charge is -2.09. The maximum absolute atomic E-state index is 4.75. The number of hydrogen-bond donors (Lipinski definition) is 1. The van der Waals surface area contributed by atoms with Gasteiger partial charge in [0, 0.05) is 37.3 Å². The molecule has 2 aromatic rings. The summed E-state index contributed by atoms with van der Waals surface area (Å²) in [6.07, 6.45) is 4.99. The molecule has 0 saturated heterocycles. The number of aryl methyl sites for hydroxylation is 1. The molecule has 0 amide bonds. The number of nitrogens with zero attached hydrogens (tertiary/aromatic N) is 4. The van der Waals surface area contributed by atoms with Crippen LogP contribution < -0.4 is 5.32 Å². The Kier molecular flexibility index (Phi) is 3.00. The lowest BCUT2D eigenvalue weighted by atomic mass is 10.1. The molecule has 20 heavy (non-hydrogen) atoms. The van der Waals surface area contributed by atoms with Crippen molar-refractivity contribution < 1.29 is 0 Å². The minimum absolute atomic E-state index is 0.330. The third-order valence-electron chi connectivity index (χ3n) is 3.93. The standard InChI is InChI=1S/C15H21N5/c1-5-16-13-6-12(10-8-17-20(4)9-10)18-14(19-13)11-7-15(11,2)3/h6,8-9,11H,5,7H2,1-4H3,(H,16,18,19). The maximum atomic E-state index is 4.75. The van der Waals surface area contributed by atoms with Crippen molar-refractivity contribution in [3.63, 3.8) is 0 Å². The first kappa shape index (κ1) is 13.1. The molecule has 2 aromatic heterocycles. The van der Waals surface area contributed by atoms with E-state index in [2.05, 4.69) is 36.2 Å². The minimum Gasteiger partial charge on any atom is -0.370 e. The van der Waals surface area contributed by atoms with Gasteiger partial charge >= 0.3 is 0 Å². The van der Waals surface area contributed by atoms with Gasteiger partial charge in [-0.25, -0.2) is 9.97 Å². The minimum atomic E-state index is 0.330. The van der Waals surface area contributed by atoms with Crippen molar-refractivity contribution in [3.05, 3.63) is 24.3 Å². The van der Waals surface area contributed by atoms with Crippen molar-refractivity contribution in [1.29, 1.82) is 0 Å². The molecule has 1 aliphatic carbocycles. The molecule has 1 unspecified atom stereocenters. The van der Waals surface area contributed by atoms with Gasteiger partial charge in [0.05, 0.1) is 11.9 Å². The summed E-state index contributed by atoms with van der Waals surface area (Å²) in [6, 6.07) is 2.00. The summed E-state index contributed by atoms with van der Waals surface area (Å²) in [5.41, 5.74) is 2.31. The zero-order valence-corrected chi connectivity index (χ0v) is 12.5. The summed E-state index contributed by atoms with van der Waals surface area (Å²) >= 11 is 0. The number of anilines is 1. The van der Waals surface area contributed by atoms with Crippen LogP contribution in [0.25, 0.3) is 11.3 Å². The molecule has 5 heteroatoms. The Morgan fingerprint density at radius 1 is 1.40 bits per heavy atom. The van der Waals surface area contributed by atoms with Crippen LogP contribution in [0, 0.1) is 5.41 Å². The van der Waals surface area contributed by atoms with Crippen LogP contribution in [0.4, 0.5) is 5.82 Å². The highest BCUT2D eigenvalue weighted by Crippen LogP contribution is 2.57. The summed E-state index contributed by atoms with van der Waals surface area (Å²) in [5.74, 6) is 2.32. The van der Waals surface area contributed by atoms with E-state index in [1.165, 1.54) is 0 Å². The fourth-order valence-electron chi connectivity index (χ4n) is 2.50. The SMILES string of the molecule is CCNc1cc(-c2cnn(C)c2)nc(C2CC2(C)C)n1. The van der Waals surface area contributed by atoms with E-state index in [4.69, 9.17) is 4.98 Å². The molecule has 3 rings (SSSR count). The molecule has 1 saturated carbocycles. The van der Waals surface area contributed by atoms with E-state index in [9.17, 15) is 0 Å². The van der Waals surface area contributed by atoms with Gasteiger partial charge in [-0.3, -0.25) is 4.68 Å². The van der Waals surface area contributed by atoms with E-state index in [0.717, 1.165) is 35.9 Å². The van der Waals surface area contributed by atoms with E-state index in [1.54, 1.807) is 4.68 Å². The highest BCUT2D eigenvalue weighted by molar-refractivity contribution is 5.61. The van der Waals surface area contributed by atoms with E-state index in [0.29, 0.717) is 11.3 Å². The van der Waals surface area contributed by atoms with Gasteiger partial charge in [-0.05, 0) is 18.8 Å². The molecule has 0 bridgehead atoms. The van der Waals surface area contributed by atoms with Crippen molar-refractivity contribution in [1.82, 2.24) is 19.7 Å². The van der Waals surface area contributed by atoms with Gasteiger partial charge in [-0.15, -0.1) is 0 Å². The summed E-state index contributed by atoms with van der Waals surface area (Å²) in [6.45, 7) is 7.47. The van der Waals surface area contributed by atoms with Gasteiger partial charge in [0.1, 0.15) is 11.6 Å². The van der Waals surface area contributed by atoms with E-state index < -0.39 is 0 Å². The first-order valence-corrected chi connectivity index (χ1v) is 7.11. The Bertz CT molecular complexity index is 629. The van der Waals surface area contributed by atoms with Crippen LogP contribution in [0.15, 0.2) is 18.5 Å². The molecule has 106 valence electrons. The first-order valence-electron chi connectivity index (χ1n) is 7.11. The third-order valence-corrected chi connectivity index (χ3v) is 3.93. The molecule has 1 fully saturated rings. The van der Waals surface area contributed by atoms with Crippen LogP contribution in [0.1, 0.15) is 38.9 Å². The lowest BCUT2D eigenvalue weighted by Crippen LogP contribution is -2.05. The largest absolute Gasteiger partial charge is 0.370 e. The molecule has 2 heterocycles. The number of aromatic nitrogens is 4. The van der Waals surface area contributed by atoms with Crippen LogP contribution in [0.2, 0.25) is 0 Å². The Morgan fingerprint density at radius 3 is 2.70 bits per heavy atom. The van der Waals surface area contributed by atoms with Crippen molar-refractivity contribution in [3.8, 4) is 11.3 Å². The Hall–Kier alpha value is -1.91. The molecular weight excluding hydrogens is 250 g/mol. The molecule has 0 spiro atoms. The summed E-state index contributed by atoms with van der Waals surface area (Å²) < 4.78 is 1.80. The second-order valence-corrected chi connectivity index (χ2v) is 6.17. The quantitative estimate of drug-likeness (QED) is 0.929. The first-order chi connectivity index (χ1) is 9.49. The lowest BCUT2D eigenvalue weighted by molar-refractivity contribution is 0.609. The number of hydrogen-bond acceptors (Lipinski definition) is 4. The smallest absolute Gasteiger partial charge is 0.135 e. The van der Waals surface area contributed by atoms with Gasteiger partial charge in [0.15, 0.2) is 0 Å². The van der Waals surface area contributed by atoms with E-state index in [1.807, 2.05) is 25.5 Å². The Labute approximate surface area is 119 Å². The fraction of sp³-hybridized carbons (Fsp3) is 0.533. The average Bonchev–Trinajstić information content (AvgIpc) is 2.82. The second kappa shape index (κ2) is 4.58. The molecule has 0 aromatic carbocycles. The van der Waals surface area contributed by atoms with Crippen molar-refractivity contribution in [2.75, 3.05) is 11.9 Å². The van der Waals surface area contributed by atoms with E-state index in [-0.39, 0.29) is 0 Å². The highest BCUT2D eigenvalue weighted by atomic mass is 15.2. The predicted octanol–water partition coefficient (Wildman–Crippen LogP) is 2.82. The maximum Gasteiger partial charge on any atom is 0.135 e. The number of nitrogens with one attached hydrogen (secondary N) is 1. The van der Waals surface area contributed by atoms with Gasteiger partial charge in [0.25, 0.3) is 0 Å². The Balaban J connectivity index is 2.01. The van der Waals surface area contributed by atoms with Crippen molar-refractivity contribution >= 4 is 5.82 Å². The predicted molar refractivity (Wildman–Crippen MR) is 79.5 cm³/mol. The molecule has 5 nitrogen and oxygen atoms in total. The van der Waals surface area contributed by atoms with Crippen LogP contribution in [-0.4, -0.2) is 26.3 Å².